The van der Waals surface area contributed by atoms with Crippen LogP contribution in [0.1, 0.15) is 13.3 Å². The van der Waals surface area contributed by atoms with Gasteiger partial charge in [0.15, 0.2) is 5.82 Å². The van der Waals surface area contributed by atoms with E-state index in [0.29, 0.717) is 28.4 Å². The molecule has 114 valence electrons. The average Bonchev–Trinajstić information content (AvgIpc) is 2.91. The standard InChI is InChI=1S/C14H13ClN4O2S/c1-2-21-12(20)7-9-8-22-14-17-16-13(19(14)18-9)10-5-3-4-6-11(10)15/h3-6H,2,7-8H2,1H3. The van der Waals surface area contributed by atoms with Gasteiger partial charge in [-0.15, -0.1) is 10.2 Å². The Labute approximate surface area is 136 Å². The number of esters is 1. The van der Waals surface area contributed by atoms with Gasteiger partial charge in [0.2, 0.25) is 5.16 Å². The van der Waals surface area contributed by atoms with Crippen LogP contribution in [0.2, 0.25) is 5.02 Å². The monoisotopic (exact) mass is 336 g/mol. The van der Waals surface area contributed by atoms with Crippen LogP contribution in [0.15, 0.2) is 34.5 Å². The van der Waals surface area contributed by atoms with Gasteiger partial charge in [-0.1, -0.05) is 35.5 Å². The third-order valence-electron chi connectivity index (χ3n) is 2.99. The zero-order valence-electron chi connectivity index (χ0n) is 11.8. The van der Waals surface area contributed by atoms with Crippen molar-refractivity contribution >= 4 is 35.0 Å². The van der Waals surface area contributed by atoms with Gasteiger partial charge in [0, 0.05) is 11.3 Å². The molecule has 6 nitrogen and oxygen atoms in total. The topological polar surface area (TPSA) is 69.4 Å². The maximum atomic E-state index is 11.6. The number of hydrogen-bond acceptors (Lipinski definition) is 6. The number of rotatable bonds is 4. The van der Waals surface area contributed by atoms with Gasteiger partial charge in [0.25, 0.3) is 0 Å². The number of thioether (sulfide) groups is 1. The third kappa shape index (κ3) is 3.00. The molecule has 8 heteroatoms. The van der Waals surface area contributed by atoms with E-state index >= 15 is 0 Å². The summed E-state index contributed by atoms with van der Waals surface area (Å²) in [5.74, 6) is 0.881. The number of halogens is 1. The Morgan fingerprint density at radius 3 is 3.00 bits per heavy atom. The van der Waals surface area contributed by atoms with E-state index in [4.69, 9.17) is 16.3 Å². The summed E-state index contributed by atoms with van der Waals surface area (Å²) in [5, 5.41) is 14.0. The van der Waals surface area contributed by atoms with Crippen LogP contribution in [-0.4, -0.2) is 38.9 Å². The summed E-state index contributed by atoms with van der Waals surface area (Å²) in [6, 6.07) is 7.38. The summed E-state index contributed by atoms with van der Waals surface area (Å²) < 4.78 is 6.59. The Balaban J connectivity index is 1.93. The molecule has 0 saturated carbocycles. The van der Waals surface area contributed by atoms with Gasteiger partial charge in [-0.2, -0.15) is 9.78 Å². The van der Waals surface area contributed by atoms with Crippen LogP contribution in [0.3, 0.4) is 0 Å². The van der Waals surface area contributed by atoms with Gasteiger partial charge >= 0.3 is 5.97 Å². The van der Waals surface area contributed by atoms with Crippen molar-refractivity contribution in [3.63, 3.8) is 0 Å². The first-order chi connectivity index (χ1) is 10.7. The highest BCUT2D eigenvalue weighted by Crippen LogP contribution is 2.31. The van der Waals surface area contributed by atoms with Crippen molar-refractivity contribution in [3.8, 4) is 11.4 Å². The predicted molar refractivity (Wildman–Crippen MR) is 85.3 cm³/mol. The lowest BCUT2D eigenvalue weighted by Gasteiger charge is -2.13. The lowest BCUT2D eigenvalue weighted by Crippen LogP contribution is -2.18. The van der Waals surface area contributed by atoms with Crippen molar-refractivity contribution in [1.29, 1.82) is 0 Å². The first kappa shape index (κ1) is 15.1. The lowest BCUT2D eigenvalue weighted by atomic mass is 10.2. The number of carbonyl (C=O) groups is 1. The van der Waals surface area contributed by atoms with Crippen LogP contribution in [-0.2, 0) is 9.53 Å². The van der Waals surface area contributed by atoms with Gasteiger partial charge in [-0.3, -0.25) is 4.79 Å². The molecule has 0 radical (unpaired) electrons. The summed E-state index contributed by atoms with van der Waals surface area (Å²) in [6.07, 6.45) is 0.167. The van der Waals surface area contributed by atoms with Crippen LogP contribution < -0.4 is 0 Å². The van der Waals surface area contributed by atoms with E-state index in [1.807, 2.05) is 18.2 Å². The maximum absolute atomic E-state index is 11.6. The molecule has 0 amide bonds. The summed E-state index contributed by atoms with van der Waals surface area (Å²) in [6.45, 7) is 2.14. The molecule has 2 heterocycles. The number of benzene rings is 1. The zero-order valence-corrected chi connectivity index (χ0v) is 13.4. The second-order valence-electron chi connectivity index (χ2n) is 4.53. The molecule has 22 heavy (non-hydrogen) atoms. The van der Waals surface area contributed by atoms with Crippen molar-refractivity contribution < 1.29 is 9.53 Å². The molecule has 2 aromatic rings. The average molecular weight is 337 g/mol. The largest absolute Gasteiger partial charge is 0.466 e. The molecule has 0 fully saturated rings. The molecule has 3 rings (SSSR count). The third-order valence-corrected chi connectivity index (χ3v) is 4.31. The minimum absolute atomic E-state index is 0.167. The maximum Gasteiger partial charge on any atom is 0.311 e. The van der Waals surface area contributed by atoms with E-state index in [-0.39, 0.29) is 12.4 Å². The van der Waals surface area contributed by atoms with Gasteiger partial charge in [0.1, 0.15) is 0 Å². The molecular weight excluding hydrogens is 324 g/mol. The van der Waals surface area contributed by atoms with Crippen LogP contribution in [0.4, 0.5) is 0 Å². The Morgan fingerprint density at radius 2 is 2.23 bits per heavy atom. The van der Waals surface area contributed by atoms with Gasteiger partial charge in [-0.25, -0.2) is 0 Å². The summed E-state index contributed by atoms with van der Waals surface area (Å²) in [7, 11) is 0. The van der Waals surface area contributed by atoms with Crippen molar-refractivity contribution in [2.45, 2.75) is 18.5 Å². The zero-order chi connectivity index (χ0) is 15.5. The van der Waals surface area contributed by atoms with Gasteiger partial charge in [0.05, 0.1) is 23.8 Å². The molecule has 0 atom stereocenters. The highest BCUT2D eigenvalue weighted by molar-refractivity contribution is 7.99. The van der Waals surface area contributed by atoms with E-state index in [1.165, 1.54) is 11.8 Å². The Morgan fingerprint density at radius 1 is 1.41 bits per heavy atom. The minimum Gasteiger partial charge on any atom is -0.466 e. The smallest absolute Gasteiger partial charge is 0.311 e. The van der Waals surface area contributed by atoms with Crippen LogP contribution in [0.5, 0.6) is 0 Å². The van der Waals surface area contributed by atoms with Crippen molar-refractivity contribution in [2.24, 2.45) is 5.10 Å². The Kier molecular flexibility index (Phi) is 4.44. The molecule has 0 bridgehead atoms. The predicted octanol–water partition coefficient (Wildman–Crippen LogP) is 2.86. The van der Waals surface area contributed by atoms with Crippen molar-refractivity contribution in [2.75, 3.05) is 12.4 Å². The van der Waals surface area contributed by atoms with Crippen molar-refractivity contribution in [3.05, 3.63) is 29.3 Å². The van der Waals surface area contributed by atoms with Crippen LogP contribution >= 0.6 is 23.4 Å². The molecule has 0 spiro atoms. The van der Waals surface area contributed by atoms with E-state index in [0.717, 1.165) is 11.3 Å². The summed E-state index contributed by atoms with van der Waals surface area (Å²) in [5.41, 5.74) is 1.48. The molecule has 0 unspecified atom stereocenters. The number of hydrogen-bond donors (Lipinski definition) is 0. The quantitative estimate of drug-likeness (QED) is 0.803. The first-order valence-corrected chi connectivity index (χ1v) is 8.11. The molecule has 1 aliphatic rings. The fourth-order valence-corrected chi connectivity index (χ4v) is 3.06. The van der Waals surface area contributed by atoms with Gasteiger partial charge < -0.3 is 4.74 Å². The molecule has 1 aromatic heterocycles. The first-order valence-electron chi connectivity index (χ1n) is 6.74. The number of nitrogens with zero attached hydrogens (tertiary/aromatic N) is 4. The SMILES string of the molecule is CCOC(=O)CC1=Nn2c(nnc2-c2ccccc2Cl)SC1. The van der Waals surface area contributed by atoms with E-state index in [2.05, 4.69) is 15.3 Å². The lowest BCUT2D eigenvalue weighted by molar-refractivity contribution is -0.141. The summed E-state index contributed by atoms with van der Waals surface area (Å²) in [4.78, 5) is 11.6. The normalized spacial score (nSPS) is 13.5. The fourth-order valence-electron chi connectivity index (χ4n) is 2.04. The molecule has 0 aliphatic carbocycles. The van der Waals surface area contributed by atoms with Crippen LogP contribution in [0.25, 0.3) is 11.4 Å². The van der Waals surface area contributed by atoms with E-state index < -0.39 is 0 Å². The Hall–Kier alpha value is -1.86. The van der Waals surface area contributed by atoms with E-state index in [1.54, 1.807) is 17.7 Å². The fraction of sp³-hybridized carbons (Fsp3) is 0.286. The minimum atomic E-state index is -0.280. The second-order valence-corrected chi connectivity index (χ2v) is 5.88. The second kappa shape index (κ2) is 6.50. The molecule has 0 N–H and O–H groups in total. The highest BCUT2D eigenvalue weighted by Gasteiger charge is 2.22. The summed E-state index contributed by atoms with van der Waals surface area (Å²) >= 11 is 7.70. The number of carbonyl (C=O) groups excluding carboxylic acids is 1. The molecular formula is C14H13ClN4O2S. The molecule has 1 aliphatic heterocycles. The molecule has 1 aromatic carbocycles. The Bertz CT molecular complexity index is 744. The number of fused-ring (bicyclic) bond motifs is 1. The highest BCUT2D eigenvalue weighted by atomic mass is 35.5. The van der Waals surface area contributed by atoms with Gasteiger partial charge in [-0.05, 0) is 19.1 Å². The number of ether oxygens (including phenoxy) is 1. The van der Waals surface area contributed by atoms with Crippen LogP contribution in [0, 0.1) is 0 Å². The number of aromatic nitrogens is 3. The van der Waals surface area contributed by atoms with Crippen molar-refractivity contribution in [1.82, 2.24) is 14.9 Å². The van der Waals surface area contributed by atoms with E-state index in [9.17, 15) is 4.79 Å². The molecule has 0 saturated heterocycles.